The number of benzene rings is 2. The smallest absolute Gasteiger partial charge is 0.161 e. The summed E-state index contributed by atoms with van der Waals surface area (Å²) < 4.78 is 22.2. The van der Waals surface area contributed by atoms with Crippen LogP contribution in [0.4, 0.5) is 0 Å². The molecule has 1 aliphatic heterocycles. The lowest BCUT2D eigenvalue weighted by Crippen LogP contribution is -2.12. The van der Waals surface area contributed by atoms with Crippen molar-refractivity contribution in [2.45, 2.75) is 12.7 Å². The summed E-state index contributed by atoms with van der Waals surface area (Å²) in [6, 6.07) is 13.7. The third-order valence-electron chi connectivity index (χ3n) is 4.13. The zero-order chi connectivity index (χ0) is 17.1. The molecule has 6 nitrogen and oxygen atoms in total. The average molecular weight is 340 g/mol. The average Bonchev–Trinajstić information content (AvgIpc) is 3.31. The van der Waals surface area contributed by atoms with E-state index < -0.39 is 0 Å². The van der Waals surface area contributed by atoms with Crippen molar-refractivity contribution in [2.75, 3.05) is 26.9 Å². The van der Waals surface area contributed by atoms with E-state index in [-0.39, 0.29) is 6.29 Å². The number of aromatic amines is 1. The van der Waals surface area contributed by atoms with Crippen molar-refractivity contribution >= 4 is 11.0 Å². The molecule has 3 aromatic rings. The molecule has 0 saturated carbocycles. The summed E-state index contributed by atoms with van der Waals surface area (Å²) in [6.07, 6.45) is 0.502. The maximum atomic E-state index is 5.90. The maximum Gasteiger partial charge on any atom is 0.161 e. The summed E-state index contributed by atoms with van der Waals surface area (Å²) in [5, 5.41) is 0. The van der Waals surface area contributed by atoms with E-state index in [1.165, 1.54) is 0 Å². The molecule has 4 rings (SSSR count). The number of imidazole rings is 1. The molecule has 6 heteroatoms. The Morgan fingerprint density at radius 1 is 1.12 bits per heavy atom. The molecule has 1 aromatic heterocycles. The third kappa shape index (κ3) is 3.45. The van der Waals surface area contributed by atoms with Gasteiger partial charge >= 0.3 is 0 Å². The van der Waals surface area contributed by atoms with Gasteiger partial charge in [-0.05, 0) is 30.3 Å². The second kappa shape index (κ2) is 7.13. The van der Waals surface area contributed by atoms with Gasteiger partial charge in [-0.25, -0.2) is 4.98 Å². The molecule has 25 heavy (non-hydrogen) atoms. The van der Waals surface area contributed by atoms with E-state index in [4.69, 9.17) is 18.9 Å². The molecular formula is C19H20N2O4. The summed E-state index contributed by atoms with van der Waals surface area (Å²) in [5.74, 6) is 2.17. The molecule has 1 fully saturated rings. The van der Waals surface area contributed by atoms with E-state index in [0.29, 0.717) is 37.7 Å². The topological polar surface area (TPSA) is 65.6 Å². The van der Waals surface area contributed by atoms with Gasteiger partial charge in [-0.2, -0.15) is 0 Å². The van der Waals surface area contributed by atoms with Crippen LogP contribution in [-0.2, 0) is 9.47 Å². The van der Waals surface area contributed by atoms with Gasteiger partial charge in [-0.3, -0.25) is 0 Å². The van der Waals surface area contributed by atoms with Crippen LogP contribution in [0.2, 0.25) is 0 Å². The van der Waals surface area contributed by atoms with E-state index in [1.54, 1.807) is 7.11 Å². The van der Waals surface area contributed by atoms with Crippen molar-refractivity contribution < 1.29 is 18.9 Å². The first-order valence-corrected chi connectivity index (χ1v) is 8.32. The normalized spacial score (nSPS) is 14.9. The van der Waals surface area contributed by atoms with Crippen molar-refractivity contribution in [3.63, 3.8) is 0 Å². The predicted molar refractivity (Wildman–Crippen MR) is 93.9 cm³/mol. The minimum Gasteiger partial charge on any atom is -0.493 e. The van der Waals surface area contributed by atoms with E-state index in [0.717, 1.165) is 22.4 Å². The summed E-state index contributed by atoms with van der Waals surface area (Å²) >= 11 is 0. The Bertz CT molecular complexity index is 823. The lowest BCUT2D eigenvalue weighted by Gasteiger charge is -2.13. The van der Waals surface area contributed by atoms with Crippen LogP contribution in [0.1, 0.15) is 6.42 Å². The number of hydrogen-bond donors (Lipinski definition) is 1. The van der Waals surface area contributed by atoms with Crippen LogP contribution in [0.25, 0.3) is 22.4 Å². The van der Waals surface area contributed by atoms with Gasteiger partial charge in [0.05, 0.1) is 38.0 Å². The molecule has 0 amide bonds. The number of para-hydroxylation sites is 2. The predicted octanol–water partition coefficient (Wildman–Crippen LogP) is 3.38. The minimum absolute atomic E-state index is 0.176. The monoisotopic (exact) mass is 340 g/mol. The molecule has 2 heterocycles. The number of hydrogen-bond acceptors (Lipinski definition) is 5. The fraction of sp³-hybridized carbons (Fsp3) is 0.316. The van der Waals surface area contributed by atoms with Gasteiger partial charge in [0.25, 0.3) is 0 Å². The maximum absolute atomic E-state index is 5.90. The molecule has 130 valence electrons. The fourth-order valence-electron chi connectivity index (χ4n) is 2.87. The second-order valence-corrected chi connectivity index (χ2v) is 5.78. The van der Waals surface area contributed by atoms with Gasteiger partial charge in [0.15, 0.2) is 17.8 Å². The Kier molecular flexibility index (Phi) is 4.54. The number of methoxy groups -OCH3 is 1. The molecule has 1 saturated heterocycles. The lowest BCUT2D eigenvalue weighted by molar-refractivity contribution is -0.0532. The Morgan fingerprint density at radius 3 is 2.76 bits per heavy atom. The standard InChI is InChI=1S/C19H20N2O4/c1-22-16-7-6-13(19-20-14-4-2-3-5-15(14)21-19)12-17(16)23-9-8-18-24-10-11-25-18/h2-7,12,18H,8-11H2,1H3,(H,20,21). The second-order valence-electron chi connectivity index (χ2n) is 5.78. The van der Waals surface area contributed by atoms with Crippen LogP contribution in [0, 0.1) is 0 Å². The SMILES string of the molecule is COc1ccc(-c2nc3ccccc3[nH]2)cc1OCCC1OCCO1. The molecule has 0 aliphatic carbocycles. The molecule has 0 spiro atoms. The molecule has 1 N–H and O–H groups in total. The Labute approximate surface area is 145 Å². The van der Waals surface area contributed by atoms with Crippen molar-refractivity contribution in [2.24, 2.45) is 0 Å². The summed E-state index contributed by atoms with van der Waals surface area (Å²) in [5.41, 5.74) is 2.89. The first-order chi connectivity index (χ1) is 12.3. The van der Waals surface area contributed by atoms with Gasteiger partial charge in [-0.15, -0.1) is 0 Å². The Morgan fingerprint density at radius 2 is 1.96 bits per heavy atom. The quantitative estimate of drug-likeness (QED) is 0.745. The lowest BCUT2D eigenvalue weighted by atomic mass is 10.2. The van der Waals surface area contributed by atoms with E-state index in [1.807, 2.05) is 42.5 Å². The Balaban J connectivity index is 1.54. The fourth-order valence-corrected chi connectivity index (χ4v) is 2.87. The highest BCUT2D eigenvalue weighted by atomic mass is 16.7. The van der Waals surface area contributed by atoms with Gasteiger partial charge in [0, 0.05) is 12.0 Å². The molecule has 0 bridgehead atoms. The van der Waals surface area contributed by atoms with Crippen LogP contribution >= 0.6 is 0 Å². The van der Waals surface area contributed by atoms with Crippen molar-refractivity contribution in [1.82, 2.24) is 9.97 Å². The highest BCUT2D eigenvalue weighted by Gasteiger charge is 2.16. The largest absolute Gasteiger partial charge is 0.493 e. The zero-order valence-corrected chi connectivity index (χ0v) is 14.0. The van der Waals surface area contributed by atoms with Crippen molar-refractivity contribution in [3.05, 3.63) is 42.5 Å². The van der Waals surface area contributed by atoms with Crippen molar-refractivity contribution in [3.8, 4) is 22.9 Å². The highest BCUT2D eigenvalue weighted by molar-refractivity contribution is 5.79. The van der Waals surface area contributed by atoms with Crippen LogP contribution in [0.5, 0.6) is 11.5 Å². The van der Waals surface area contributed by atoms with E-state index >= 15 is 0 Å². The number of fused-ring (bicyclic) bond motifs is 1. The van der Waals surface area contributed by atoms with E-state index in [9.17, 15) is 0 Å². The molecule has 0 atom stereocenters. The molecule has 2 aromatic carbocycles. The molecular weight excluding hydrogens is 320 g/mol. The Hall–Kier alpha value is -2.57. The van der Waals surface area contributed by atoms with E-state index in [2.05, 4.69) is 9.97 Å². The molecule has 0 radical (unpaired) electrons. The number of H-pyrrole nitrogens is 1. The number of nitrogens with one attached hydrogen (secondary N) is 1. The van der Waals surface area contributed by atoms with Crippen LogP contribution in [0.15, 0.2) is 42.5 Å². The minimum atomic E-state index is -0.176. The molecule has 1 aliphatic rings. The summed E-state index contributed by atoms with van der Waals surface area (Å²) in [7, 11) is 1.63. The van der Waals surface area contributed by atoms with Gasteiger partial charge in [-0.1, -0.05) is 12.1 Å². The number of rotatable bonds is 6. The first-order valence-electron chi connectivity index (χ1n) is 8.32. The van der Waals surface area contributed by atoms with Gasteiger partial charge in [0.2, 0.25) is 0 Å². The number of aromatic nitrogens is 2. The molecule has 0 unspecified atom stereocenters. The van der Waals surface area contributed by atoms with Crippen LogP contribution < -0.4 is 9.47 Å². The third-order valence-corrected chi connectivity index (χ3v) is 4.13. The highest BCUT2D eigenvalue weighted by Crippen LogP contribution is 2.32. The summed E-state index contributed by atoms with van der Waals surface area (Å²) in [6.45, 7) is 1.79. The van der Waals surface area contributed by atoms with Gasteiger partial charge < -0.3 is 23.9 Å². The van der Waals surface area contributed by atoms with Crippen LogP contribution in [0.3, 0.4) is 0 Å². The van der Waals surface area contributed by atoms with Crippen LogP contribution in [-0.4, -0.2) is 43.2 Å². The summed E-state index contributed by atoms with van der Waals surface area (Å²) in [4.78, 5) is 7.96. The zero-order valence-electron chi connectivity index (χ0n) is 14.0. The number of nitrogens with zero attached hydrogens (tertiary/aromatic N) is 1. The van der Waals surface area contributed by atoms with Crippen molar-refractivity contribution in [1.29, 1.82) is 0 Å². The van der Waals surface area contributed by atoms with Gasteiger partial charge in [0.1, 0.15) is 5.82 Å². The first kappa shape index (κ1) is 15.9. The number of ether oxygens (including phenoxy) is 4.